The van der Waals surface area contributed by atoms with Crippen LogP contribution in [0.15, 0.2) is 36.5 Å². The van der Waals surface area contributed by atoms with E-state index < -0.39 is 4.92 Å². The maximum absolute atomic E-state index is 12.6. The number of aryl methyl sites for hydroxylation is 2. The molecular weight excluding hydrogens is 320 g/mol. The van der Waals surface area contributed by atoms with Crippen molar-refractivity contribution in [3.63, 3.8) is 0 Å². The second kappa shape index (κ2) is 6.88. The number of nitro groups is 1. The summed E-state index contributed by atoms with van der Waals surface area (Å²) in [5.74, 6) is 0.779. The van der Waals surface area contributed by atoms with Gasteiger partial charge in [0.15, 0.2) is 0 Å². The van der Waals surface area contributed by atoms with E-state index in [1.807, 2.05) is 43.0 Å². The van der Waals surface area contributed by atoms with Crippen molar-refractivity contribution in [1.82, 2.24) is 9.88 Å². The predicted molar refractivity (Wildman–Crippen MR) is 94.9 cm³/mol. The molecule has 2 heterocycles. The molecule has 1 aliphatic rings. The minimum Gasteiger partial charge on any atom is -0.353 e. The number of hydrogen-bond acceptors (Lipinski definition) is 5. The van der Waals surface area contributed by atoms with Crippen LogP contribution in [0.5, 0.6) is 0 Å². The van der Waals surface area contributed by atoms with Crippen molar-refractivity contribution in [3.05, 3.63) is 63.3 Å². The van der Waals surface area contributed by atoms with Gasteiger partial charge in [0.2, 0.25) is 0 Å². The zero-order valence-electron chi connectivity index (χ0n) is 14.3. The van der Waals surface area contributed by atoms with E-state index in [9.17, 15) is 14.9 Å². The van der Waals surface area contributed by atoms with E-state index in [-0.39, 0.29) is 11.6 Å². The summed E-state index contributed by atoms with van der Waals surface area (Å²) in [5.41, 5.74) is 2.59. The van der Waals surface area contributed by atoms with Crippen LogP contribution in [0, 0.1) is 24.0 Å². The average Bonchev–Trinajstić information content (AvgIpc) is 2.62. The summed E-state index contributed by atoms with van der Waals surface area (Å²) in [6, 6.07) is 9.12. The highest BCUT2D eigenvalue weighted by Crippen LogP contribution is 2.23. The molecule has 0 atom stereocenters. The van der Waals surface area contributed by atoms with E-state index in [1.54, 1.807) is 0 Å². The lowest BCUT2D eigenvalue weighted by Crippen LogP contribution is -2.49. The van der Waals surface area contributed by atoms with Crippen LogP contribution >= 0.6 is 0 Å². The summed E-state index contributed by atoms with van der Waals surface area (Å²) >= 11 is 0. The number of hydrogen-bond donors (Lipinski definition) is 0. The average molecular weight is 340 g/mol. The first kappa shape index (κ1) is 16.9. The molecule has 25 heavy (non-hydrogen) atoms. The van der Waals surface area contributed by atoms with Crippen LogP contribution in [-0.4, -0.2) is 46.9 Å². The maximum Gasteiger partial charge on any atom is 0.287 e. The van der Waals surface area contributed by atoms with Crippen molar-refractivity contribution >= 4 is 17.4 Å². The predicted octanol–water partition coefficient (Wildman–Crippen LogP) is 2.57. The molecule has 7 heteroatoms. The topological polar surface area (TPSA) is 79.6 Å². The first-order valence-electron chi connectivity index (χ1n) is 8.17. The van der Waals surface area contributed by atoms with Gasteiger partial charge < -0.3 is 9.80 Å². The van der Waals surface area contributed by atoms with Gasteiger partial charge in [-0.1, -0.05) is 17.7 Å². The molecule has 1 aromatic carbocycles. The van der Waals surface area contributed by atoms with Crippen molar-refractivity contribution in [1.29, 1.82) is 0 Å². The summed E-state index contributed by atoms with van der Waals surface area (Å²) in [6.45, 7) is 6.33. The van der Waals surface area contributed by atoms with Crippen LogP contribution in [0.4, 0.5) is 11.5 Å². The molecule has 2 aromatic rings. The lowest BCUT2D eigenvalue weighted by molar-refractivity contribution is -0.385. The normalized spacial score (nSPS) is 14.5. The molecular formula is C18H20N4O3. The minimum absolute atomic E-state index is 0.00515. The molecule has 1 saturated heterocycles. The number of piperazine rings is 1. The van der Waals surface area contributed by atoms with E-state index in [4.69, 9.17) is 0 Å². The Morgan fingerprint density at radius 1 is 1.12 bits per heavy atom. The number of rotatable bonds is 3. The Hall–Kier alpha value is -2.96. The Labute approximate surface area is 146 Å². The Bertz CT molecular complexity index is 796. The Morgan fingerprint density at radius 2 is 1.76 bits per heavy atom. The van der Waals surface area contributed by atoms with Gasteiger partial charge in [-0.25, -0.2) is 4.98 Å². The number of pyridine rings is 1. The van der Waals surface area contributed by atoms with Crippen LogP contribution in [0.3, 0.4) is 0 Å². The maximum atomic E-state index is 12.6. The van der Waals surface area contributed by atoms with E-state index in [0.29, 0.717) is 31.7 Å². The molecule has 0 unspecified atom stereocenters. The first-order valence-corrected chi connectivity index (χ1v) is 8.17. The number of benzene rings is 1. The van der Waals surface area contributed by atoms with Gasteiger partial charge in [0.25, 0.3) is 11.6 Å². The molecule has 1 aromatic heterocycles. The van der Waals surface area contributed by atoms with Crippen LogP contribution in [-0.2, 0) is 0 Å². The summed E-state index contributed by atoms with van der Waals surface area (Å²) in [6.07, 6.45) is 1.28. The molecule has 0 saturated carbocycles. The SMILES string of the molecule is Cc1ccc(C(=O)N2CCN(c3ncc([N+](=O)[O-])cc3C)CC2)cc1. The molecule has 130 valence electrons. The van der Waals surface area contributed by atoms with Crippen molar-refractivity contribution in [2.75, 3.05) is 31.1 Å². The number of aromatic nitrogens is 1. The second-order valence-electron chi connectivity index (χ2n) is 6.24. The number of anilines is 1. The highest BCUT2D eigenvalue weighted by Gasteiger charge is 2.24. The Balaban J connectivity index is 1.66. The molecule has 1 fully saturated rings. The fraction of sp³-hybridized carbons (Fsp3) is 0.333. The third-order valence-electron chi connectivity index (χ3n) is 4.41. The quantitative estimate of drug-likeness (QED) is 0.634. The van der Waals surface area contributed by atoms with Gasteiger partial charge >= 0.3 is 0 Å². The van der Waals surface area contributed by atoms with Crippen LogP contribution in [0.2, 0.25) is 0 Å². The van der Waals surface area contributed by atoms with Crippen molar-refractivity contribution in [2.24, 2.45) is 0 Å². The number of amides is 1. The molecule has 7 nitrogen and oxygen atoms in total. The van der Waals surface area contributed by atoms with Crippen LogP contribution in [0.1, 0.15) is 21.5 Å². The summed E-state index contributed by atoms with van der Waals surface area (Å²) < 4.78 is 0. The van der Waals surface area contributed by atoms with Gasteiger partial charge in [0.05, 0.1) is 4.92 Å². The lowest BCUT2D eigenvalue weighted by atomic mass is 10.1. The van der Waals surface area contributed by atoms with E-state index in [0.717, 1.165) is 16.9 Å². The van der Waals surface area contributed by atoms with Gasteiger partial charge in [0, 0.05) is 37.8 Å². The standard InChI is InChI=1S/C18H20N4O3/c1-13-3-5-15(6-4-13)18(23)21-9-7-20(8-10-21)17-14(2)11-16(12-19-17)22(24)25/h3-6,11-12H,7-10H2,1-2H3. The molecule has 3 rings (SSSR count). The van der Waals surface area contributed by atoms with Gasteiger partial charge in [0.1, 0.15) is 12.0 Å². The summed E-state index contributed by atoms with van der Waals surface area (Å²) in [4.78, 5) is 31.1. The number of carbonyl (C=O) groups is 1. The lowest BCUT2D eigenvalue weighted by Gasteiger charge is -2.36. The Morgan fingerprint density at radius 3 is 2.32 bits per heavy atom. The monoisotopic (exact) mass is 340 g/mol. The summed E-state index contributed by atoms with van der Waals surface area (Å²) in [7, 11) is 0. The largest absolute Gasteiger partial charge is 0.353 e. The third-order valence-corrected chi connectivity index (χ3v) is 4.41. The highest BCUT2D eigenvalue weighted by molar-refractivity contribution is 5.94. The van der Waals surface area contributed by atoms with Gasteiger partial charge in [-0.2, -0.15) is 0 Å². The van der Waals surface area contributed by atoms with E-state index in [2.05, 4.69) is 9.88 Å². The van der Waals surface area contributed by atoms with Crippen LogP contribution in [0.25, 0.3) is 0 Å². The first-order chi connectivity index (χ1) is 12.0. The molecule has 0 N–H and O–H groups in total. The molecule has 0 radical (unpaired) electrons. The zero-order chi connectivity index (χ0) is 18.0. The Kier molecular flexibility index (Phi) is 4.65. The number of nitrogens with zero attached hydrogens (tertiary/aromatic N) is 4. The fourth-order valence-electron chi connectivity index (χ4n) is 2.98. The summed E-state index contributed by atoms with van der Waals surface area (Å²) in [5, 5.41) is 10.8. The van der Waals surface area contributed by atoms with Crippen LogP contribution < -0.4 is 4.90 Å². The van der Waals surface area contributed by atoms with E-state index >= 15 is 0 Å². The zero-order valence-corrected chi connectivity index (χ0v) is 14.3. The second-order valence-corrected chi connectivity index (χ2v) is 6.24. The van der Waals surface area contributed by atoms with Crippen molar-refractivity contribution < 1.29 is 9.72 Å². The van der Waals surface area contributed by atoms with Gasteiger partial charge in [-0.3, -0.25) is 14.9 Å². The van der Waals surface area contributed by atoms with Gasteiger partial charge in [-0.15, -0.1) is 0 Å². The van der Waals surface area contributed by atoms with Gasteiger partial charge in [-0.05, 0) is 31.5 Å². The molecule has 0 bridgehead atoms. The molecule has 0 spiro atoms. The van der Waals surface area contributed by atoms with Crippen molar-refractivity contribution in [2.45, 2.75) is 13.8 Å². The highest BCUT2D eigenvalue weighted by atomic mass is 16.6. The number of carbonyl (C=O) groups excluding carboxylic acids is 1. The molecule has 1 aliphatic heterocycles. The molecule has 1 amide bonds. The van der Waals surface area contributed by atoms with Crippen molar-refractivity contribution in [3.8, 4) is 0 Å². The third kappa shape index (κ3) is 3.60. The fourth-order valence-corrected chi connectivity index (χ4v) is 2.98. The minimum atomic E-state index is -0.443. The molecule has 0 aliphatic carbocycles. The smallest absolute Gasteiger partial charge is 0.287 e. The van der Waals surface area contributed by atoms with E-state index in [1.165, 1.54) is 12.3 Å².